The van der Waals surface area contributed by atoms with Gasteiger partial charge in [0.15, 0.2) is 0 Å². The molecule has 230 valence electrons. The third-order valence-electron chi connectivity index (χ3n) is 6.90. The molecular weight excluding hydrogens is 518 g/mol. The molecule has 1 unspecified atom stereocenters. The van der Waals surface area contributed by atoms with Crippen molar-refractivity contribution < 1.29 is 28.8 Å². The Balaban J connectivity index is 5.66. The number of hydrogen-bond acceptors (Lipinski definition) is 7. The van der Waals surface area contributed by atoms with Gasteiger partial charge in [-0.15, -0.1) is 0 Å². The zero-order valence-electron chi connectivity index (χ0n) is 26.2. The van der Waals surface area contributed by atoms with Crippen LogP contribution in [-0.4, -0.2) is 104 Å². The third kappa shape index (κ3) is 11.5. The minimum Gasteiger partial charge on any atom is -0.357 e. The maximum atomic E-state index is 13.2. The van der Waals surface area contributed by atoms with Crippen molar-refractivity contribution in [1.82, 2.24) is 36.0 Å². The molecule has 0 aromatic carbocycles. The zero-order chi connectivity index (χ0) is 31.5. The predicted molar refractivity (Wildman–Crippen MR) is 153 cm³/mol. The lowest BCUT2D eigenvalue weighted by Gasteiger charge is -2.34. The molecule has 0 heterocycles. The first-order valence-corrected chi connectivity index (χ1v) is 13.7. The second-order valence-electron chi connectivity index (χ2n) is 11.7. The highest BCUT2D eigenvalue weighted by Gasteiger charge is 2.36. The molecule has 4 N–H and O–H groups in total. The van der Waals surface area contributed by atoms with E-state index in [2.05, 4.69) is 21.3 Å². The highest BCUT2D eigenvalue weighted by atomic mass is 16.2. The molecule has 0 saturated carbocycles. The van der Waals surface area contributed by atoms with E-state index in [1.807, 2.05) is 41.5 Å². The normalized spacial score (nSPS) is 14.3. The number of nitrogens with zero attached hydrogens (tertiary/aromatic N) is 3. The molecule has 0 radical (unpaired) electrons. The minimum atomic E-state index is -1.13. The Bertz CT molecular complexity index is 906. The fourth-order valence-electron chi connectivity index (χ4n) is 4.13. The highest BCUT2D eigenvalue weighted by molar-refractivity contribution is 6.05. The van der Waals surface area contributed by atoms with Gasteiger partial charge in [-0.2, -0.15) is 0 Å². The first-order chi connectivity index (χ1) is 18.3. The van der Waals surface area contributed by atoms with E-state index in [1.54, 1.807) is 25.9 Å². The average Bonchev–Trinajstić information content (AvgIpc) is 2.83. The van der Waals surface area contributed by atoms with Gasteiger partial charge in [0.05, 0.1) is 6.04 Å². The standard InChI is InChI=1S/C27H51N7O6/c1-15(2)13-19(32(9)10)23(36)30-26(39)34(12)21(18(7)17(5)6)24(37)29-25(38)31-27(40)33(11)20(14-16(3)4)22(35)28-8/h15-21H,13-14H2,1-12H3,(H,28,35)(H,30,36,39)(H2,29,31,37,38,40)/t18?,19-,20-,21+/m0/s1. The van der Waals surface area contributed by atoms with Gasteiger partial charge in [-0.05, 0) is 50.6 Å². The molecule has 4 atom stereocenters. The van der Waals surface area contributed by atoms with Gasteiger partial charge in [0.1, 0.15) is 12.1 Å². The Kier molecular flexibility index (Phi) is 15.4. The highest BCUT2D eigenvalue weighted by Crippen LogP contribution is 2.20. The predicted octanol–water partition coefficient (Wildman–Crippen LogP) is 1.83. The zero-order valence-corrected chi connectivity index (χ0v) is 26.2. The van der Waals surface area contributed by atoms with Crippen molar-refractivity contribution >= 4 is 35.8 Å². The van der Waals surface area contributed by atoms with Gasteiger partial charge in [0.25, 0.3) is 5.91 Å². The molecule has 0 bridgehead atoms. The lowest BCUT2D eigenvalue weighted by atomic mass is 9.89. The number of nitrogens with one attached hydrogen (secondary N) is 4. The van der Waals surface area contributed by atoms with Crippen LogP contribution in [0.3, 0.4) is 0 Å². The van der Waals surface area contributed by atoms with E-state index in [9.17, 15) is 28.8 Å². The first kappa shape index (κ1) is 36.8. The molecule has 0 aliphatic carbocycles. The smallest absolute Gasteiger partial charge is 0.329 e. The summed E-state index contributed by atoms with van der Waals surface area (Å²) in [7, 11) is 7.69. The lowest BCUT2D eigenvalue weighted by Crippen LogP contribution is -2.59. The fraction of sp³-hybridized carbons (Fsp3) is 0.778. The summed E-state index contributed by atoms with van der Waals surface area (Å²) >= 11 is 0. The molecule has 0 aromatic heterocycles. The van der Waals surface area contributed by atoms with Gasteiger partial charge in [0, 0.05) is 21.1 Å². The Hall–Kier alpha value is -3.22. The molecule has 13 heteroatoms. The Morgan fingerprint density at radius 3 is 1.50 bits per heavy atom. The number of amides is 9. The quantitative estimate of drug-likeness (QED) is 0.279. The van der Waals surface area contributed by atoms with Gasteiger partial charge in [0.2, 0.25) is 11.8 Å². The molecule has 0 saturated heterocycles. The number of urea groups is 3. The monoisotopic (exact) mass is 569 g/mol. The van der Waals surface area contributed by atoms with E-state index in [1.165, 1.54) is 21.1 Å². The minimum absolute atomic E-state index is 0.0719. The number of carbonyl (C=O) groups excluding carboxylic acids is 6. The van der Waals surface area contributed by atoms with Crippen LogP contribution >= 0.6 is 0 Å². The van der Waals surface area contributed by atoms with Gasteiger partial charge in [-0.25, -0.2) is 14.4 Å². The molecule has 0 rings (SSSR count). The van der Waals surface area contributed by atoms with Crippen LogP contribution in [0.1, 0.15) is 61.3 Å². The van der Waals surface area contributed by atoms with E-state index >= 15 is 0 Å². The van der Waals surface area contributed by atoms with Gasteiger partial charge in [-0.1, -0.05) is 48.5 Å². The van der Waals surface area contributed by atoms with Gasteiger partial charge in [-0.3, -0.25) is 35.2 Å². The summed E-state index contributed by atoms with van der Waals surface area (Å²) < 4.78 is 0. The summed E-state index contributed by atoms with van der Waals surface area (Å²) in [6, 6.07) is -5.26. The summed E-state index contributed by atoms with van der Waals surface area (Å²) in [5.41, 5.74) is 0. The number of rotatable bonds is 12. The fourth-order valence-corrected chi connectivity index (χ4v) is 4.13. The SMILES string of the molecule is CNC(=O)[C@H](CC(C)C)N(C)C(=O)NC(=O)NC(=O)[C@@H](C(C)C(C)C)N(C)C(=O)NC(=O)[C@H](CC(C)C)N(C)C. The molecule has 0 spiro atoms. The summed E-state index contributed by atoms with van der Waals surface area (Å²) in [5, 5.41) is 9.07. The molecule has 9 amide bonds. The first-order valence-electron chi connectivity index (χ1n) is 13.7. The van der Waals surface area contributed by atoms with E-state index in [0.717, 1.165) is 9.80 Å². The van der Waals surface area contributed by atoms with E-state index in [4.69, 9.17) is 0 Å². The van der Waals surface area contributed by atoms with Gasteiger partial charge < -0.3 is 15.1 Å². The maximum Gasteiger partial charge on any atom is 0.329 e. The second kappa shape index (κ2) is 16.8. The Morgan fingerprint density at radius 2 is 1.07 bits per heavy atom. The van der Waals surface area contributed by atoms with Crippen molar-refractivity contribution in [2.24, 2.45) is 23.7 Å². The molecule has 0 fully saturated rings. The molecule has 0 aliphatic rings. The lowest BCUT2D eigenvalue weighted by molar-refractivity contribution is -0.128. The number of hydrogen-bond donors (Lipinski definition) is 4. The van der Waals surface area contributed by atoms with Crippen LogP contribution in [0.4, 0.5) is 14.4 Å². The molecule has 0 aromatic rings. The van der Waals surface area contributed by atoms with Gasteiger partial charge >= 0.3 is 18.1 Å². The number of carbonyl (C=O) groups is 6. The summed E-state index contributed by atoms with van der Waals surface area (Å²) in [6.07, 6.45) is 0.894. The summed E-state index contributed by atoms with van der Waals surface area (Å²) in [4.78, 5) is 80.6. The summed E-state index contributed by atoms with van der Waals surface area (Å²) in [6.45, 7) is 13.2. The van der Waals surface area contributed by atoms with Crippen molar-refractivity contribution in [2.45, 2.75) is 79.4 Å². The summed E-state index contributed by atoms with van der Waals surface area (Å²) in [5.74, 6) is -1.89. The van der Waals surface area contributed by atoms with Crippen LogP contribution in [0.15, 0.2) is 0 Å². The topological polar surface area (TPSA) is 160 Å². The van der Waals surface area contributed by atoms with Crippen molar-refractivity contribution in [3.8, 4) is 0 Å². The van der Waals surface area contributed by atoms with Crippen LogP contribution in [-0.2, 0) is 14.4 Å². The third-order valence-corrected chi connectivity index (χ3v) is 6.90. The second-order valence-corrected chi connectivity index (χ2v) is 11.7. The number of likely N-dealkylation sites (N-methyl/N-ethyl adjacent to an activating group) is 4. The van der Waals surface area contributed by atoms with Crippen molar-refractivity contribution in [3.63, 3.8) is 0 Å². The van der Waals surface area contributed by atoms with Crippen LogP contribution < -0.4 is 21.3 Å². The van der Waals surface area contributed by atoms with E-state index in [0.29, 0.717) is 12.8 Å². The largest absolute Gasteiger partial charge is 0.357 e. The van der Waals surface area contributed by atoms with Crippen LogP contribution in [0.2, 0.25) is 0 Å². The molecule has 40 heavy (non-hydrogen) atoms. The molecule has 0 aliphatic heterocycles. The average molecular weight is 570 g/mol. The Morgan fingerprint density at radius 1 is 0.600 bits per heavy atom. The van der Waals surface area contributed by atoms with E-state index in [-0.39, 0.29) is 23.7 Å². The van der Waals surface area contributed by atoms with Crippen molar-refractivity contribution in [3.05, 3.63) is 0 Å². The van der Waals surface area contributed by atoms with Crippen LogP contribution in [0.5, 0.6) is 0 Å². The van der Waals surface area contributed by atoms with Crippen molar-refractivity contribution in [2.75, 3.05) is 35.2 Å². The maximum absolute atomic E-state index is 13.2. The van der Waals surface area contributed by atoms with E-state index < -0.39 is 54.0 Å². The molecular formula is C27H51N7O6. The molecule has 13 nitrogen and oxygen atoms in total. The number of imide groups is 3. The van der Waals surface area contributed by atoms with Crippen LogP contribution in [0, 0.1) is 23.7 Å². The Labute approximate surface area is 239 Å². The van der Waals surface area contributed by atoms with Crippen LogP contribution in [0.25, 0.3) is 0 Å². The van der Waals surface area contributed by atoms with Crippen molar-refractivity contribution in [1.29, 1.82) is 0 Å².